The Morgan fingerprint density at radius 1 is 1.56 bits per heavy atom. The lowest BCUT2D eigenvalue weighted by Crippen LogP contribution is -2.39. The van der Waals surface area contributed by atoms with E-state index in [2.05, 4.69) is 0 Å². The Labute approximate surface area is 112 Å². The average molecular weight is 264 g/mol. The SMILES string of the molecule is CC(CN1CCOc2ccccc2C1=O)C(N)=S. The molecule has 5 heteroatoms. The van der Waals surface area contributed by atoms with Crippen LogP contribution in [0, 0.1) is 5.92 Å². The van der Waals surface area contributed by atoms with Gasteiger partial charge in [0.05, 0.1) is 17.1 Å². The molecule has 2 rings (SSSR count). The number of carbonyl (C=O) groups is 1. The van der Waals surface area contributed by atoms with E-state index in [0.717, 1.165) is 0 Å². The van der Waals surface area contributed by atoms with Crippen molar-refractivity contribution in [3.05, 3.63) is 29.8 Å². The molecule has 2 N–H and O–H groups in total. The van der Waals surface area contributed by atoms with Crippen LogP contribution in [0.3, 0.4) is 0 Å². The third-order valence-electron chi connectivity index (χ3n) is 3.00. The fraction of sp³-hybridized carbons (Fsp3) is 0.385. The van der Waals surface area contributed by atoms with Crippen molar-refractivity contribution in [3.8, 4) is 5.75 Å². The number of nitrogens with two attached hydrogens (primary N) is 1. The van der Waals surface area contributed by atoms with Crippen LogP contribution >= 0.6 is 12.2 Å². The van der Waals surface area contributed by atoms with E-state index in [9.17, 15) is 4.79 Å². The maximum atomic E-state index is 12.4. The minimum absolute atomic E-state index is 0.00853. The van der Waals surface area contributed by atoms with Crippen LogP contribution in [-0.2, 0) is 0 Å². The van der Waals surface area contributed by atoms with Crippen LogP contribution in [0.5, 0.6) is 5.75 Å². The molecule has 1 aromatic carbocycles. The summed E-state index contributed by atoms with van der Waals surface area (Å²) in [6, 6.07) is 7.29. The number of benzene rings is 1. The molecule has 0 fully saturated rings. The molecule has 1 aliphatic rings. The van der Waals surface area contributed by atoms with Gasteiger partial charge in [-0.3, -0.25) is 4.79 Å². The van der Waals surface area contributed by atoms with Gasteiger partial charge in [-0.15, -0.1) is 0 Å². The van der Waals surface area contributed by atoms with Crippen LogP contribution in [0.1, 0.15) is 17.3 Å². The maximum Gasteiger partial charge on any atom is 0.257 e. The predicted molar refractivity (Wildman–Crippen MR) is 73.8 cm³/mol. The summed E-state index contributed by atoms with van der Waals surface area (Å²) in [7, 11) is 0. The molecule has 4 nitrogen and oxygen atoms in total. The van der Waals surface area contributed by atoms with Crippen LogP contribution in [0.2, 0.25) is 0 Å². The van der Waals surface area contributed by atoms with E-state index in [1.54, 1.807) is 11.0 Å². The zero-order valence-electron chi connectivity index (χ0n) is 10.3. The van der Waals surface area contributed by atoms with Crippen molar-refractivity contribution < 1.29 is 9.53 Å². The van der Waals surface area contributed by atoms with Gasteiger partial charge in [0.25, 0.3) is 5.91 Å². The van der Waals surface area contributed by atoms with Crippen molar-refractivity contribution >= 4 is 23.1 Å². The van der Waals surface area contributed by atoms with E-state index in [1.807, 2.05) is 25.1 Å². The summed E-state index contributed by atoms with van der Waals surface area (Å²) in [6.07, 6.45) is 0. The van der Waals surface area contributed by atoms with Gasteiger partial charge in [0, 0.05) is 12.5 Å². The van der Waals surface area contributed by atoms with Crippen LogP contribution in [0.15, 0.2) is 24.3 Å². The second-order valence-electron chi connectivity index (χ2n) is 4.40. The highest BCUT2D eigenvalue weighted by molar-refractivity contribution is 7.80. The first-order chi connectivity index (χ1) is 8.59. The molecule has 1 atom stereocenters. The van der Waals surface area contributed by atoms with Gasteiger partial charge in [-0.05, 0) is 12.1 Å². The summed E-state index contributed by atoms with van der Waals surface area (Å²) >= 11 is 4.95. The summed E-state index contributed by atoms with van der Waals surface area (Å²) < 4.78 is 5.56. The molecular formula is C13H16N2O2S. The van der Waals surface area contributed by atoms with Gasteiger partial charge in [-0.2, -0.15) is 0 Å². The average Bonchev–Trinajstić information content (AvgIpc) is 2.51. The smallest absolute Gasteiger partial charge is 0.257 e. The molecule has 0 bridgehead atoms. The maximum absolute atomic E-state index is 12.4. The lowest BCUT2D eigenvalue weighted by Gasteiger charge is -2.23. The Kier molecular flexibility index (Phi) is 3.81. The van der Waals surface area contributed by atoms with Gasteiger partial charge < -0.3 is 15.4 Å². The zero-order chi connectivity index (χ0) is 13.1. The van der Waals surface area contributed by atoms with Crippen LogP contribution in [-0.4, -0.2) is 35.5 Å². The number of carbonyl (C=O) groups excluding carboxylic acids is 1. The van der Waals surface area contributed by atoms with E-state index >= 15 is 0 Å². The lowest BCUT2D eigenvalue weighted by atomic mass is 10.1. The molecule has 0 radical (unpaired) electrons. The number of nitrogens with zero attached hydrogens (tertiary/aromatic N) is 1. The third kappa shape index (κ3) is 2.61. The molecule has 1 unspecified atom stereocenters. The first-order valence-corrected chi connectivity index (χ1v) is 6.31. The zero-order valence-corrected chi connectivity index (χ0v) is 11.1. The van der Waals surface area contributed by atoms with Crippen molar-refractivity contribution in [1.82, 2.24) is 4.90 Å². The molecule has 18 heavy (non-hydrogen) atoms. The lowest BCUT2D eigenvalue weighted by molar-refractivity contribution is 0.0745. The van der Waals surface area contributed by atoms with Gasteiger partial charge in [-0.25, -0.2) is 0 Å². The number of ether oxygens (including phenoxy) is 1. The largest absolute Gasteiger partial charge is 0.491 e. The van der Waals surface area contributed by atoms with Crippen molar-refractivity contribution in [1.29, 1.82) is 0 Å². The second-order valence-corrected chi connectivity index (χ2v) is 4.87. The Hall–Kier alpha value is -1.62. The summed E-state index contributed by atoms with van der Waals surface area (Å²) in [6.45, 7) is 3.51. The van der Waals surface area contributed by atoms with E-state index in [1.165, 1.54) is 0 Å². The Balaban J connectivity index is 2.20. The summed E-state index contributed by atoms with van der Waals surface area (Å²) in [5.41, 5.74) is 6.20. The normalized spacial score (nSPS) is 16.5. The van der Waals surface area contributed by atoms with E-state index in [0.29, 0.717) is 36.0 Å². The number of para-hydroxylation sites is 1. The van der Waals surface area contributed by atoms with Crippen molar-refractivity contribution in [3.63, 3.8) is 0 Å². The van der Waals surface area contributed by atoms with Gasteiger partial charge in [-0.1, -0.05) is 31.3 Å². The minimum atomic E-state index is -0.0220. The fourth-order valence-corrected chi connectivity index (χ4v) is 1.98. The molecule has 0 aromatic heterocycles. The van der Waals surface area contributed by atoms with Gasteiger partial charge in [0.1, 0.15) is 12.4 Å². The first kappa shape index (κ1) is 12.8. The summed E-state index contributed by atoms with van der Waals surface area (Å²) in [4.78, 5) is 14.5. The van der Waals surface area contributed by atoms with Crippen LogP contribution < -0.4 is 10.5 Å². The Bertz CT molecular complexity index is 476. The van der Waals surface area contributed by atoms with E-state index < -0.39 is 0 Å². The molecule has 1 aliphatic heterocycles. The Morgan fingerprint density at radius 2 is 2.28 bits per heavy atom. The van der Waals surface area contributed by atoms with Gasteiger partial charge in [0.2, 0.25) is 0 Å². The van der Waals surface area contributed by atoms with Crippen LogP contribution in [0.25, 0.3) is 0 Å². The quantitative estimate of drug-likeness (QED) is 0.839. The number of hydrogen-bond donors (Lipinski definition) is 1. The highest BCUT2D eigenvalue weighted by Gasteiger charge is 2.24. The molecule has 0 saturated heterocycles. The van der Waals surface area contributed by atoms with E-state index in [-0.39, 0.29) is 11.8 Å². The fourth-order valence-electron chi connectivity index (χ4n) is 1.90. The van der Waals surface area contributed by atoms with Crippen molar-refractivity contribution in [2.24, 2.45) is 11.7 Å². The van der Waals surface area contributed by atoms with Crippen LogP contribution in [0.4, 0.5) is 0 Å². The number of fused-ring (bicyclic) bond motifs is 1. The molecule has 0 spiro atoms. The molecule has 96 valence electrons. The summed E-state index contributed by atoms with van der Waals surface area (Å²) in [5, 5.41) is 0. The Morgan fingerprint density at radius 3 is 3.00 bits per heavy atom. The topological polar surface area (TPSA) is 55.6 Å². The number of hydrogen-bond acceptors (Lipinski definition) is 3. The molecule has 1 amide bonds. The monoisotopic (exact) mass is 264 g/mol. The van der Waals surface area contributed by atoms with Crippen molar-refractivity contribution in [2.45, 2.75) is 6.92 Å². The van der Waals surface area contributed by atoms with Gasteiger partial charge >= 0.3 is 0 Å². The molecule has 0 aliphatic carbocycles. The molecule has 1 aromatic rings. The van der Waals surface area contributed by atoms with Crippen molar-refractivity contribution in [2.75, 3.05) is 19.7 Å². The summed E-state index contributed by atoms with van der Waals surface area (Å²) in [5.74, 6) is 0.633. The highest BCUT2D eigenvalue weighted by Crippen LogP contribution is 2.22. The van der Waals surface area contributed by atoms with E-state index in [4.69, 9.17) is 22.7 Å². The number of thiocarbonyl (C=S) groups is 1. The third-order valence-corrected chi connectivity index (χ3v) is 3.41. The number of amides is 1. The highest BCUT2D eigenvalue weighted by atomic mass is 32.1. The standard InChI is InChI=1S/C13H16N2O2S/c1-9(12(14)18)8-15-6-7-17-11-5-3-2-4-10(11)13(15)16/h2-5,9H,6-8H2,1H3,(H2,14,18). The predicted octanol–water partition coefficient (Wildman–Crippen LogP) is 1.44. The van der Waals surface area contributed by atoms with Gasteiger partial charge in [0.15, 0.2) is 0 Å². The number of rotatable bonds is 3. The minimum Gasteiger partial charge on any atom is -0.491 e. The second kappa shape index (κ2) is 5.35. The molecular weight excluding hydrogens is 248 g/mol. The first-order valence-electron chi connectivity index (χ1n) is 5.90. The molecule has 1 heterocycles. The molecule has 0 saturated carbocycles.